The summed E-state index contributed by atoms with van der Waals surface area (Å²) in [6, 6.07) is 29.1. The van der Waals surface area contributed by atoms with Crippen molar-refractivity contribution in [1.29, 1.82) is 0 Å². The SMILES string of the molecule is CCCCOc1ccc(CN2C(=O)c3cc(-c4ccccc4)nn3C[C@]2(C)C(=O)NCc2ccccc2)cc1. The minimum atomic E-state index is -1.14. The molecule has 4 aromatic rings. The highest BCUT2D eigenvalue weighted by Crippen LogP contribution is 2.32. The molecule has 0 spiro atoms. The molecule has 3 aromatic carbocycles. The number of aromatic nitrogens is 2. The molecule has 1 atom stereocenters. The van der Waals surface area contributed by atoms with Gasteiger partial charge in [0.1, 0.15) is 17.0 Å². The lowest BCUT2D eigenvalue weighted by molar-refractivity contribution is -0.133. The first-order chi connectivity index (χ1) is 19.0. The number of nitrogens with zero attached hydrogens (tertiary/aromatic N) is 3. The summed E-state index contributed by atoms with van der Waals surface area (Å²) in [6.45, 7) is 5.54. The standard InChI is InChI=1S/C32H34N4O3/c1-3-4-19-39-27-17-15-25(16-18-27)22-35-30(37)29-20-28(26-13-9-6-10-14-26)34-36(29)23-32(35,2)31(38)33-21-24-11-7-5-8-12-24/h5-18,20H,3-4,19,21-23H2,1-2H3,(H,33,38)/t32-/m1/s1. The van der Waals surface area contributed by atoms with Crippen molar-refractivity contribution < 1.29 is 14.3 Å². The van der Waals surface area contributed by atoms with E-state index in [1.54, 1.807) is 9.58 Å². The molecule has 39 heavy (non-hydrogen) atoms. The van der Waals surface area contributed by atoms with Gasteiger partial charge in [0.25, 0.3) is 5.91 Å². The van der Waals surface area contributed by atoms with E-state index < -0.39 is 5.54 Å². The molecule has 1 aliphatic rings. The molecule has 7 heteroatoms. The number of amides is 2. The number of unbranched alkanes of at least 4 members (excludes halogenated alkanes) is 1. The Kier molecular flexibility index (Phi) is 7.77. The molecule has 200 valence electrons. The summed E-state index contributed by atoms with van der Waals surface area (Å²) in [5.41, 5.74) is 2.88. The van der Waals surface area contributed by atoms with Crippen LogP contribution < -0.4 is 10.1 Å². The van der Waals surface area contributed by atoms with Crippen LogP contribution in [0.5, 0.6) is 5.75 Å². The van der Waals surface area contributed by atoms with Crippen LogP contribution in [0.2, 0.25) is 0 Å². The maximum atomic E-state index is 14.0. The second-order valence-corrected chi connectivity index (χ2v) is 10.1. The van der Waals surface area contributed by atoms with Crippen LogP contribution in [0, 0.1) is 0 Å². The zero-order valence-corrected chi connectivity index (χ0v) is 22.5. The summed E-state index contributed by atoms with van der Waals surface area (Å²) >= 11 is 0. The molecule has 2 amide bonds. The first-order valence-electron chi connectivity index (χ1n) is 13.5. The van der Waals surface area contributed by atoms with Gasteiger partial charge >= 0.3 is 0 Å². The van der Waals surface area contributed by atoms with Crippen LogP contribution in [-0.2, 0) is 24.4 Å². The molecule has 5 rings (SSSR count). The third-order valence-electron chi connectivity index (χ3n) is 7.18. The molecule has 2 heterocycles. The van der Waals surface area contributed by atoms with Crippen molar-refractivity contribution in [1.82, 2.24) is 20.0 Å². The van der Waals surface area contributed by atoms with E-state index >= 15 is 0 Å². The van der Waals surface area contributed by atoms with Gasteiger partial charge in [-0.15, -0.1) is 0 Å². The van der Waals surface area contributed by atoms with Crippen LogP contribution in [0.25, 0.3) is 11.3 Å². The van der Waals surface area contributed by atoms with E-state index in [1.807, 2.05) is 97.9 Å². The third-order valence-corrected chi connectivity index (χ3v) is 7.18. The number of hydrogen-bond donors (Lipinski definition) is 1. The van der Waals surface area contributed by atoms with Crippen molar-refractivity contribution in [2.45, 2.75) is 51.9 Å². The molecule has 0 saturated heterocycles. The first-order valence-corrected chi connectivity index (χ1v) is 13.5. The monoisotopic (exact) mass is 522 g/mol. The summed E-state index contributed by atoms with van der Waals surface area (Å²) in [4.78, 5) is 29.4. The van der Waals surface area contributed by atoms with Gasteiger partial charge in [0.15, 0.2) is 0 Å². The number of ether oxygens (including phenoxy) is 1. The van der Waals surface area contributed by atoms with Gasteiger partial charge in [-0.25, -0.2) is 0 Å². The lowest BCUT2D eigenvalue weighted by Gasteiger charge is -2.43. The van der Waals surface area contributed by atoms with E-state index in [2.05, 4.69) is 12.2 Å². The average Bonchev–Trinajstić information content (AvgIpc) is 3.40. The highest BCUT2D eigenvalue weighted by molar-refractivity contribution is 6.00. The molecule has 7 nitrogen and oxygen atoms in total. The molecule has 1 aliphatic heterocycles. The number of carbonyl (C=O) groups is 2. The topological polar surface area (TPSA) is 76.5 Å². The van der Waals surface area contributed by atoms with E-state index in [-0.39, 0.29) is 24.9 Å². The Labute approximate surface area is 229 Å². The third kappa shape index (κ3) is 5.72. The van der Waals surface area contributed by atoms with E-state index in [0.29, 0.717) is 24.5 Å². The zero-order valence-electron chi connectivity index (χ0n) is 22.5. The van der Waals surface area contributed by atoms with Crippen molar-refractivity contribution in [2.24, 2.45) is 0 Å². The van der Waals surface area contributed by atoms with Crippen LogP contribution in [0.3, 0.4) is 0 Å². The van der Waals surface area contributed by atoms with Crippen LogP contribution in [0.4, 0.5) is 0 Å². The van der Waals surface area contributed by atoms with Gasteiger partial charge in [-0.2, -0.15) is 5.10 Å². The smallest absolute Gasteiger partial charge is 0.273 e. The van der Waals surface area contributed by atoms with E-state index in [1.165, 1.54) is 0 Å². The molecule has 0 fully saturated rings. The highest BCUT2D eigenvalue weighted by atomic mass is 16.5. The van der Waals surface area contributed by atoms with Gasteiger partial charge in [0.05, 0.1) is 18.8 Å². The molecule has 0 saturated carbocycles. The molecular formula is C32H34N4O3. The number of rotatable bonds is 10. The van der Waals surface area contributed by atoms with Crippen molar-refractivity contribution in [3.05, 3.63) is 108 Å². The second kappa shape index (κ2) is 11.6. The van der Waals surface area contributed by atoms with Gasteiger partial charge in [-0.3, -0.25) is 14.3 Å². The molecule has 0 unspecified atom stereocenters. The summed E-state index contributed by atoms with van der Waals surface area (Å²) in [7, 11) is 0. The quantitative estimate of drug-likeness (QED) is 0.281. The molecule has 1 aromatic heterocycles. The Morgan fingerprint density at radius 2 is 1.67 bits per heavy atom. The minimum absolute atomic E-state index is 0.221. The van der Waals surface area contributed by atoms with E-state index in [9.17, 15) is 9.59 Å². The molecule has 0 bridgehead atoms. The molecule has 0 aliphatic carbocycles. The fourth-order valence-corrected chi connectivity index (χ4v) is 4.82. The van der Waals surface area contributed by atoms with E-state index in [4.69, 9.17) is 9.84 Å². The lowest BCUT2D eigenvalue weighted by Crippen LogP contribution is -2.63. The maximum absolute atomic E-state index is 14.0. The molecular weight excluding hydrogens is 488 g/mol. The Balaban J connectivity index is 1.43. The molecule has 1 N–H and O–H groups in total. The number of benzene rings is 3. The Bertz CT molecular complexity index is 1420. The lowest BCUT2D eigenvalue weighted by atomic mass is 9.94. The second-order valence-electron chi connectivity index (χ2n) is 10.1. The summed E-state index contributed by atoms with van der Waals surface area (Å²) in [6.07, 6.45) is 2.07. The van der Waals surface area contributed by atoms with Crippen LogP contribution in [0.1, 0.15) is 48.3 Å². The Morgan fingerprint density at radius 3 is 2.36 bits per heavy atom. The zero-order chi connectivity index (χ0) is 27.2. The number of carbonyl (C=O) groups excluding carboxylic acids is 2. The van der Waals surface area contributed by atoms with Crippen molar-refractivity contribution in [3.63, 3.8) is 0 Å². The Hall–Kier alpha value is -4.39. The number of hydrogen-bond acceptors (Lipinski definition) is 4. The normalized spacial score (nSPS) is 16.6. The minimum Gasteiger partial charge on any atom is -0.494 e. The van der Waals surface area contributed by atoms with Crippen LogP contribution in [-0.4, -0.2) is 38.6 Å². The van der Waals surface area contributed by atoms with Crippen molar-refractivity contribution >= 4 is 11.8 Å². The maximum Gasteiger partial charge on any atom is 0.273 e. The fourth-order valence-electron chi connectivity index (χ4n) is 4.82. The summed E-state index contributed by atoms with van der Waals surface area (Å²) in [5.74, 6) is 0.351. The van der Waals surface area contributed by atoms with Gasteiger partial charge in [-0.05, 0) is 42.7 Å². The number of nitrogens with one attached hydrogen (secondary N) is 1. The van der Waals surface area contributed by atoms with Crippen molar-refractivity contribution in [3.8, 4) is 17.0 Å². The first kappa shape index (κ1) is 26.2. The average molecular weight is 523 g/mol. The van der Waals surface area contributed by atoms with Crippen LogP contribution in [0.15, 0.2) is 91.0 Å². The predicted octanol–water partition coefficient (Wildman–Crippen LogP) is 5.46. The van der Waals surface area contributed by atoms with Gasteiger partial charge in [0, 0.05) is 18.7 Å². The van der Waals surface area contributed by atoms with Crippen molar-refractivity contribution in [2.75, 3.05) is 6.61 Å². The highest BCUT2D eigenvalue weighted by Gasteiger charge is 2.48. The fraction of sp³-hybridized carbons (Fsp3) is 0.281. The largest absolute Gasteiger partial charge is 0.494 e. The predicted molar refractivity (Wildman–Crippen MR) is 151 cm³/mol. The van der Waals surface area contributed by atoms with Crippen LogP contribution >= 0.6 is 0 Å². The summed E-state index contributed by atoms with van der Waals surface area (Å²) < 4.78 is 7.48. The van der Waals surface area contributed by atoms with Gasteiger partial charge < -0.3 is 15.0 Å². The Morgan fingerprint density at radius 1 is 0.974 bits per heavy atom. The van der Waals surface area contributed by atoms with E-state index in [0.717, 1.165) is 35.3 Å². The number of fused-ring (bicyclic) bond motifs is 1. The van der Waals surface area contributed by atoms with Gasteiger partial charge in [-0.1, -0.05) is 86.1 Å². The molecule has 0 radical (unpaired) electrons. The summed E-state index contributed by atoms with van der Waals surface area (Å²) in [5, 5.41) is 7.79. The van der Waals surface area contributed by atoms with Gasteiger partial charge in [0.2, 0.25) is 5.91 Å².